The third kappa shape index (κ3) is 3.44. The van der Waals surface area contributed by atoms with Crippen molar-refractivity contribution in [2.24, 2.45) is 12.8 Å². The molecule has 1 aromatic heterocycles. The minimum absolute atomic E-state index is 0.0880. The van der Waals surface area contributed by atoms with Crippen molar-refractivity contribution < 1.29 is 23.9 Å². The number of anilines is 1. The number of Topliss-reactive ketones (excluding diaryl/α,β-unsaturated/α-hetero) is 1. The molecule has 3 N–H and O–H groups in total. The molecule has 154 valence electrons. The van der Waals surface area contributed by atoms with E-state index in [-0.39, 0.29) is 17.3 Å². The van der Waals surface area contributed by atoms with E-state index in [2.05, 4.69) is 0 Å². The van der Waals surface area contributed by atoms with Gasteiger partial charge >= 0.3 is 5.91 Å². The monoisotopic (exact) mass is 401 g/mol. The number of rotatable bonds is 5. The van der Waals surface area contributed by atoms with Gasteiger partial charge in [-0.3, -0.25) is 14.4 Å². The summed E-state index contributed by atoms with van der Waals surface area (Å²) >= 11 is 0. The Labute approximate surface area is 167 Å². The molecule has 0 radical (unpaired) electrons. The topological polar surface area (TPSA) is 106 Å². The maximum absolute atomic E-state index is 13.7. The van der Waals surface area contributed by atoms with E-state index in [1.807, 2.05) is 0 Å². The molecule has 1 fully saturated rings. The molecule has 0 aliphatic heterocycles. The first-order valence-electron chi connectivity index (χ1n) is 9.32. The molecule has 2 amide bonds. The number of aliphatic hydroxyl groups excluding tert-OH is 1. The smallest absolute Gasteiger partial charge is 0.301 e. The number of benzene rings is 1. The van der Waals surface area contributed by atoms with E-state index >= 15 is 0 Å². The van der Waals surface area contributed by atoms with Gasteiger partial charge in [0.2, 0.25) is 0 Å². The maximum atomic E-state index is 13.7. The molecule has 7 nitrogen and oxygen atoms in total. The SMILES string of the molecule is Cc1cc(N(C(=O)C(=O)c2c(C)c(C(N)=O)c(C)n2C)C2CC(O)C2)ccc1F. The highest BCUT2D eigenvalue weighted by Crippen LogP contribution is 2.32. The number of hydrogen-bond acceptors (Lipinski definition) is 4. The molecule has 8 heteroatoms. The molecule has 0 unspecified atom stereocenters. The first-order chi connectivity index (χ1) is 13.5. The van der Waals surface area contributed by atoms with E-state index in [0.29, 0.717) is 35.3 Å². The summed E-state index contributed by atoms with van der Waals surface area (Å²) in [4.78, 5) is 39.5. The van der Waals surface area contributed by atoms with Gasteiger partial charge in [0.25, 0.3) is 11.7 Å². The molecule has 0 bridgehead atoms. The van der Waals surface area contributed by atoms with Crippen LogP contribution in [0.4, 0.5) is 10.1 Å². The molecule has 2 aromatic rings. The number of carbonyl (C=O) groups is 3. The largest absolute Gasteiger partial charge is 0.393 e. The van der Waals surface area contributed by atoms with Gasteiger partial charge in [-0.1, -0.05) is 0 Å². The highest BCUT2D eigenvalue weighted by molar-refractivity contribution is 6.47. The van der Waals surface area contributed by atoms with Crippen LogP contribution in [0.1, 0.15) is 50.5 Å². The van der Waals surface area contributed by atoms with Gasteiger partial charge in [-0.25, -0.2) is 4.39 Å². The number of aromatic nitrogens is 1. The van der Waals surface area contributed by atoms with Crippen molar-refractivity contribution in [3.8, 4) is 0 Å². The number of amides is 2. The first kappa shape index (κ1) is 20.7. The molecule has 1 aromatic carbocycles. The summed E-state index contributed by atoms with van der Waals surface area (Å²) in [6.45, 7) is 4.80. The molecular formula is C21H24FN3O4. The lowest BCUT2D eigenvalue weighted by Crippen LogP contribution is -2.52. The maximum Gasteiger partial charge on any atom is 0.301 e. The zero-order chi connectivity index (χ0) is 21.6. The van der Waals surface area contributed by atoms with Gasteiger partial charge in [0.05, 0.1) is 17.4 Å². The van der Waals surface area contributed by atoms with Crippen LogP contribution in [0.2, 0.25) is 0 Å². The van der Waals surface area contributed by atoms with E-state index in [0.717, 1.165) is 0 Å². The average molecular weight is 401 g/mol. The first-order valence-corrected chi connectivity index (χ1v) is 9.32. The van der Waals surface area contributed by atoms with E-state index in [9.17, 15) is 23.9 Å². The Morgan fingerprint density at radius 2 is 1.83 bits per heavy atom. The number of nitrogens with two attached hydrogens (primary N) is 1. The van der Waals surface area contributed by atoms with Crippen molar-refractivity contribution in [2.75, 3.05) is 4.90 Å². The Hall–Kier alpha value is -3.00. The lowest BCUT2D eigenvalue weighted by Gasteiger charge is -2.40. The van der Waals surface area contributed by atoms with Gasteiger partial charge in [0, 0.05) is 24.5 Å². The normalized spacial score (nSPS) is 18.3. The summed E-state index contributed by atoms with van der Waals surface area (Å²) < 4.78 is 15.2. The second kappa shape index (κ2) is 7.44. The predicted octanol–water partition coefficient (Wildman–Crippen LogP) is 1.93. The molecule has 29 heavy (non-hydrogen) atoms. The van der Waals surface area contributed by atoms with Crippen LogP contribution >= 0.6 is 0 Å². The van der Waals surface area contributed by atoms with Gasteiger partial charge in [0.1, 0.15) is 5.82 Å². The van der Waals surface area contributed by atoms with Crippen LogP contribution in [0, 0.1) is 26.6 Å². The molecular weight excluding hydrogens is 377 g/mol. The summed E-state index contributed by atoms with van der Waals surface area (Å²) in [5, 5.41) is 9.70. The van der Waals surface area contributed by atoms with Crippen LogP contribution in [0.25, 0.3) is 0 Å². The van der Waals surface area contributed by atoms with Crippen molar-refractivity contribution >= 4 is 23.3 Å². The third-order valence-corrected chi connectivity index (χ3v) is 5.68. The Morgan fingerprint density at radius 3 is 2.31 bits per heavy atom. The Morgan fingerprint density at radius 1 is 1.21 bits per heavy atom. The lowest BCUT2D eigenvalue weighted by atomic mass is 9.87. The van der Waals surface area contributed by atoms with E-state index in [1.165, 1.54) is 27.7 Å². The molecule has 0 spiro atoms. The van der Waals surface area contributed by atoms with Crippen molar-refractivity contribution in [2.45, 2.75) is 45.8 Å². The van der Waals surface area contributed by atoms with Crippen LogP contribution in [0.5, 0.6) is 0 Å². The predicted molar refractivity (Wildman–Crippen MR) is 105 cm³/mol. The van der Waals surface area contributed by atoms with Crippen molar-refractivity contribution in [1.82, 2.24) is 4.57 Å². The highest BCUT2D eigenvalue weighted by atomic mass is 19.1. The fourth-order valence-electron chi connectivity index (χ4n) is 3.92. The number of ketones is 1. The summed E-state index contributed by atoms with van der Waals surface area (Å²) in [5.41, 5.74) is 7.30. The van der Waals surface area contributed by atoms with Crippen molar-refractivity contribution in [1.29, 1.82) is 0 Å². The minimum Gasteiger partial charge on any atom is -0.393 e. The Bertz CT molecular complexity index is 1020. The van der Waals surface area contributed by atoms with Crippen LogP contribution in [0.3, 0.4) is 0 Å². The van der Waals surface area contributed by atoms with Gasteiger partial charge in [-0.05, 0) is 62.9 Å². The van der Waals surface area contributed by atoms with Crippen LogP contribution in [0.15, 0.2) is 18.2 Å². The number of nitrogens with zero attached hydrogens (tertiary/aromatic N) is 2. The van der Waals surface area contributed by atoms with E-state index in [4.69, 9.17) is 5.73 Å². The molecule has 1 aliphatic rings. The molecule has 1 heterocycles. The fraction of sp³-hybridized carbons (Fsp3) is 0.381. The molecule has 1 aliphatic carbocycles. The number of hydrogen-bond donors (Lipinski definition) is 2. The average Bonchev–Trinajstić information content (AvgIpc) is 2.85. The number of halogens is 1. The highest BCUT2D eigenvalue weighted by Gasteiger charge is 2.40. The van der Waals surface area contributed by atoms with Gasteiger partial charge in [0.15, 0.2) is 0 Å². The second-order valence-corrected chi connectivity index (χ2v) is 7.57. The minimum atomic E-state index is -0.798. The van der Waals surface area contributed by atoms with E-state index in [1.54, 1.807) is 27.8 Å². The quantitative estimate of drug-likeness (QED) is 0.590. The van der Waals surface area contributed by atoms with Gasteiger partial charge in [-0.15, -0.1) is 0 Å². The summed E-state index contributed by atoms with van der Waals surface area (Å²) in [6.07, 6.45) is 0.104. The van der Waals surface area contributed by atoms with Crippen molar-refractivity contribution in [3.05, 3.63) is 52.1 Å². The Kier molecular flexibility index (Phi) is 5.32. The number of carbonyl (C=O) groups excluding carboxylic acids is 3. The molecule has 0 atom stereocenters. The van der Waals surface area contributed by atoms with Gasteiger partial charge in [-0.2, -0.15) is 0 Å². The van der Waals surface area contributed by atoms with Crippen molar-refractivity contribution in [3.63, 3.8) is 0 Å². The van der Waals surface area contributed by atoms with E-state index < -0.39 is 29.5 Å². The van der Waals surface area contributed by atoms with Crippen LogP contribution in [-0.4, -0.2) is 39.4 Å². The lowest BCUT2D eigenvalue weighted by molar-refractivity contribution is -0.116. The third-order valence-electron chi connectivity index (χ3n) is 5.68. The van der Waals surface area contributed by atoms with Gasteiger partial charge < -0.3 is 20.3 Å². The molecule has 3 rings (SSSR count). The summed E-state index contributed by atoms with van der Waals surface area (Å²) in [5.74, 6) is -2.67. The standard InChI is InChI=1S/C21H24FN3O4/c1-10-7-13(5-6-16(10)22)25(14-8-15(26)9-14)21(29)19(27)18-11(2)17(20(23)28)12(3)24(18)4/h5-7,14-15,26H,8-9H2,1-4H3,(H2,23,28). The zero-order valence-corrected chi connectivity index (χ0v) is 16.8. The fourth-order valence-corrected chi connectivity index (χ4v) is 3.92. The number of primary amides is 1. The Balaban J connectivity index is 2.05. The second-order valence-electron chi connectivity index (χ2n) is 7.57. The molecule has 0 saturated heterocycles. The molecule has 1 saturated carbocycles. The van der Waals surface area contributed by atoms with Crippen LogP contribution < -0.4 is 10.6 Å². The number of aliphatic hydroxyl groups is 1. The van der Waals surface area contributed by atoms with Crippen LogP contribution in [-0.2, 0) is 11.8 Å². The summed E-state index contributed by atoms with van der Waals surface area (Å²) in [7, 11) is 1.59. The summed E-state index contributed by atoms with van der Waals surface area (Å²) in [6, 6.07) is 3.82. The zero-order valence-electron chi connectivity index (χ0n) is 16.8. The number of aryl methyl sites for hydroxylation is 1.